The summed E-state index contributed by atoms with van der Waals surface area (Å²) >= 11 is 1.34. The van der Waals surface area contributed by atoms with E-state index in [9.17, 15) is 18.8 Å². The first kappa shape index (κ1) is 18.2. The average molecular weight is 375 g/mol. The minimum atomic E-state index is -0.653. The zero-order valence-corrected chi connectivity index (χ0v) is 14.6. The van der Waals surface area contributed by atoms with Gasteiger partial charge in [0, 0.05) is 17.5 Å². The second-order valence-corrected chi connectivity index (χ2v) is 7.17. The fourth-order valence-electron chi connectivity index (χ4n) is 2.65. The summed E-state index contributed by atoms with van der Waals surface area (Å²) in [4.78, 5) is 38.3. The molecule has 0 aliphatic carbocycles. The molecule has 1 aromatic carbocycles. The van der Waals surface area contributed by atoms with E-state index in [2.05, 4.69) is 15.6 Å². The molecule has 136 valence electrons. The van der Waals surface area contributed by atoms with Gasteiger partial charge < -0.3 is 15.6 Å². The molecule has 8 heteroatoms. The smallest absolute Gasteiger partial charge is 0.248 e. The Bertz CT molecular complexity index is 871. The molecular weight excluding hydrogens is 357 g/mol. The summed E-state index contributed by atoms with van der Waals surface area (Å²) in [5.41, 5.74) is 0.823. The molecule has 1 aromatic heterocycles. The summed E-state index contributed by atoms with van der Waals surface area (Å²) in [5, 5.41) is 4.95. The molecule has 1 aliphatic heterocycles. The van der Waals surface area contributed by atoms with Crippen molar-refractivity contribution in [2.24, 2.45) is 0 Å². The molecule has 0 radical (unpaired) electrons. The number of thioether (sulfide) groups is 1. The minimum absolute atomic E-state index is 0.171. The van der Waals surface area contributed by atoms with E-state index in [1.165, 1.54) is 23.9 Å². The van der Waals surface area contributed by atoms with E-state index in [0.29, 0.717) is 17.0 Å². The molecule has 1 aliphatic rings. The van der Waals surface area contributed by atoms with Crippen molar-refractivity contribution >= 4 is 23.6 Å². The predicted molar refractivity (Wildman–Crippen MR) is 97.2 cm³/mol. The molecule has 2 aromatic rings. The highest BCUT2D eigenvalue weighted by Gasteiger charge is 2.32. The number of carbonyl (C=O) groups is 2. The van der Waals surface area contributed by atoms with E-state index >= 15 is 0 Å². The second kappa shape index (κ2) is 8.18. The first-order valence-corrected chi connectivity index (χ1v) is 9.19. The van der Waals surface area contributed by atoms with E-state index in [4.69, 9.17) is 0 Å². The number of benzene rings is 1. The maximum Gasteiger partial charge on any atom is 0.248 e. The number of aromatic amines is 1. The fourth-order valence-corrected chi connectivity index (χ4v) is 3.83. The maximum atomic E-state index is 13.7. The van der Waals surface area contributed by atoms with Crippen LogP contribution < -0.4 is 16.2 Å². The van der Waals surface area contributed by atoms with Crippen molar-refractivity contribution in [2.75, 3.05) is 5.75 Å². The SMILES string of the molecule is O=C1N[C@@H](C(=O)NCc2cccc(=O)[nH]2)CS[C@H]1Cc1ccccc1F. The maximum absolute atomic E-state index is 13.7. The molecule has 1 saturated heterocycles. The van der Waals surface area contributed by atoms with Crippen LogP contribution in [0.3, 0.4) is 0 Å². The lowest BCUT2D eigenvalue weighted by Gasteiger charge is -2.28. The Balaban J connectivity index is 1.53. The third-order valence-corrected chi connectivity index (χ3v) is 5.34. The number of H-pyrrole nitrogens is 1. The number of halogens is 1. The summed E-state index contributed by atoms with van der Waals surface area (Å²) in [6.07, 6.45) is 0.281. The van der Waals surface area contributed by atoms with Crippen LogP contribution >= 0.6 is 11.8 Å². The van der Waals surface area contributed by atoms with Crippen LogP contribution in [0.2, 0.25) is 0 Å². The third kappa shape index (κ3) is 4.51. The molecule has 3 N–H and O–H groups in total. The highest BCUT2D eigenvalue weighted by molar-refractivity contribution is 8.00. The second-order valence-electron chi connectivity index (χ2n) is 5.94. The molecular formula is C18H18FN3O3S. The number of hydrogen-bond donors (Lipinski definition) is 3. The van der Waals surface area contributed by atoms with Gasteiger partial charge in [-0.1, -0.05) is 24.3 Å². The molecule has 0 saturated carbocycles. The van der Waals surface area contributed by atoms with E-state index in [1.807, 2.05) is 0 Å². The number of pyridine rings is 1. The Kier molecular flexibility index (Phi) is 5.72. The molecule has 2 atom stereocenters. The summed E-state index contributed by atoms with van der Waals surface area (Å²) in [6, 6.07) is 10.4. The van der Waals surface area contributed by atoms with Crippen LogP contribution in [0.5, 0.6) is 0 Å². The van der Waals surface area contributed by atoms with Crippen LogP contribution in [0, 0.1) is 5.82 Å². The van der Waals surface area contributed by atoms with E-state index in [1.54, 1.807) is 30.3 Å². The summed E-state index contributed by atoms with van der Waals surface area (Å²) in [6.45, 7) is 0.171. The molecule has 2 heterocycles. The molecule has 3 rings (SSSR count). The molecule has 2 amide bonds. The van der Waals surface area contributed by atoms with Gasteiger partial charge in [0.25, 0.3) is 0 Å². The van der Waals surface area contributed by atoms with Gasteiger partial charge in [-0.15, -0.1) is 11.8 Å². The topological polar surface area (TPSA) is 91.1 Å². The van der Waals surface area contributed by atoms with Crippen LogP contribution in [0.1, 0.15) is 11.3 Å². The largest absolute Gasteiger partial charge is 0.349 e. The number of hydrogen-bond acceptors (Lipinski definition) is 4. The molecule has 6 nitrogen and oxygen atoms in total. The quantitative estimate of drug-likeness (QED) is 0.726. The monoisotopic (exact) mass is 375 g/mol. The van der Waals surface area contributed by atoms with Crippen molar-refractivity contribution in [1.29, 1.82) is 0 Å². The van der Waals surface area contributed by atoms with Gasteiger partial charge in [0.15, 0.2) is 0 Å². The molecule has 26 heavy (non-hydrogen) atoms. The van der Waals surface area contributed by atoms with E-state index in [0.717, 1.165) is 0 Å². The molecule has 0 unspecified atom stereocenters. The van der Waals surface area contributed by atoms with Crippen molar-refractivity contribution in [3.8, 4) is 0 Å². The van der Waals surface area contributed by atoms with Gasteiger partial charge >= 0.3 is 0 Å². The van der Waals surface area contributed by atoms with E-state index < -0.39 is 11.3 Å². The first-order chi connectivity index (χ1) is 12.5. The lowest BCUT2D eigenvalue weighted by atomic mass is 10.1. The van der Waals surface area contributed by atoms with Crippen LogP contribution in [-0.4, -0.2) is 33.8 Å². The summed E-state index contributed by atoms with van der Waals surface area (Å²) < 4.78 is 13.7. The fraction of sp³-hybridized carbons (Fsp3) is 0.278. The minimum Gasteiger partial charge on any atom is -0.349 e. The summed E-state index contributed by atoms with van der Waals surface area (Å²) in [7, 11) is 0. The van der Waals surface area contributed by atoms with Crippen molar-refractivity contribution in [3.05, 3.63) is 69.9 Å². The van der Waals surface area contributed by atoms with Gasteiger partial charge in [-0.05, 0) is 24.1 Å². The van der Waals surface area contributed by atoms with Gasteiger partial charge in [0.05, 0.1) is 11.8 Å². The third-order valence-electron chi connectivity index (χ3n) is 4.03. The van der Waals surface area contributed by atoms with Gasteiger partial charge in [-0.2, -0.15) is 0 Å². The number of nitrogens with one attached hydrogen (secondary N) is 3. The number of amides is 2. The highest BCUT2D eigenvalue weighted by atomic mass is 32.2. The Morgan fingerprint density at radius 3 is 2.73 bits per heavy atom. The van der Waals surface area contributed by atoms with Crippen molar-refractivity contribution in [3.63, 3.8) is 0 Å². The zero-order valence-electron chi connectivity index (χ0n) is 13.8. The Morgan fingerprint density at radius 1 is 1.19 bits per heavy atom. The van der Waals surface area contributed by atoms with Gasteiger partial charge in [-0.25, -0.2) is 4.39 Å². The van der Waals surface area contributed by atoms with Crippen LogP contribution in [0.25, 0.3) is 0 Å². The van der Waals surface area contributed by atoms with Crippen molar-refractivity contribution in [2.45, 2.75) is 24.3 Å². The van der Waals surface area contributed by atoms with Crippen molar-refractivity contribution < 1.29 is 14.0 Å². The molecule has 0 bridgehead atoms. The highest BCUT2D eigenvalue weighted by Crippen LogP contribution is 2.23. The predicted octanol–water partition coefficient (Wildman–Crippen LogP) is 0.973. The van der Waals surface area contributed by atoms with Crippen LogP contribution in [0.15, 0.2) is 47.3 Å². The van der Waals surface area contributed by atoms with Crippen LogP contribution in [0.4, 0.5) is 4.39 Å². The normalized spacial score (nSPS) is 19.7. The lowest BCUT2D eigenvalue weighted by Crippen LogP contribution is -2.54. The van der Waals surface area contributed by atoms with Crippen molar-refractivity contribution in [1.82, 2.24) is 15.6 Å². The lowest BCUT2D eigenvalue weighted by molar-refractivity contribution is -0.128. The van der Waals surface area contributed by atoms with E-state index in [-0.39, 0.29) is 36.2 Å². The van der Waals surface area contributed by atoms with Gasteiger partial charge in [0.1, 0.15) is 11.9 Å². The Morgan fingerprint density at radius 2 is 2.00 bits per heavy atom. The first-order valence-electron chi connectivity index (χ1n) is 8.14. The number of rotatable bonds is 5. The Hall–Kier alpha value is -2.61. The van der Waals surface area contributed by atoms with Gasteiger partial charge in [-0.3, -0.25) is 14.4 Å². The van der Waals surface area contributed by atoms with Gasteiger partial charge in [0.2, 0.25) is 17.4 Å². The van der Waals surface area contributed by atoms with Crippen LogP contribution in [-0.2, 0) is 22.6 Å². The number of carbonyl (C=O) groups excluding carboxylic acids is 2. The standard InChI is InChI=1S/C18H18FN3O3S/c19-13-6-2-1-4-11(13)8-15-18(25)22-14(10-26-15)17(24)20-9-12-5-3-7-16(23)21-12/h1-7,14-15H,8-10H2,(H,20,24)(H,21,23)(H,22,25)/t14-,15+/m1/s1. The Labute approximate surface area is 153 Å². The molecule has 1 fully saturated rings. The summed E-state index contributed by atoms with van der Waals surface area (Å²) in [5.74, 6) is -0.530. The average Bonchev–Trinajstić information content (AvgIpc) is 2.63. The molecule has 0 spiro atoms. The number of aromatic nitrogens is 1. The zero-order chi connectivity index (χ0) is 18.5.